The second-order valence-electron chi connectivity index (χ2n) is 5.86. The number of halogens is 1. The van der Waals surface area contributed by atoms with Gasteiger partial charge in [0.2, 0.25) is 0 Å². The standard InChI is InChI=1S/C16H21FN4O2/c17-14-3-1-13(2-4-14)15(22)20-10-7-19(8-11-20)9-12-21-6-5-18-16(21)23/h1-4H,5-12H2,(H,18,23). The summed E-state index contributed by atoms with van der Waals surface area (Å²) in [6.07, 6.45) is 0. The van der Waals surface area contributed by atoms with Gasteiger partial charge in [-0.3, -0.25) is 9.69 Å². The second kappa shape index (κ2) is 6.95. The summed E-state index contributed by atoms with van der Waals surface area (Å²) < 4.78 is 12.9. The lowest BCUT2D eigenvalue weighted by atomic mass is 10.2. The van der Waals surface area contributed by atoms with Crippen LogP contribution in [0.3, 0.4) is 0 Å². The van der Waals surface area contributed by atoms with Gasteiger partial charge in [0, 0.05) is 57.9 Å². The van der Waals surface area contributed by atoms with Gasteiger partial charge in [0.15, 0.2) is 0 Å². The fourth-order valence-corrected chi connectivity index (χ4v) is 2.94. The highest BCUT2D eigenvalue weighted by molar-refractivity contribution is 5.94. The van der Waals surface area contributed by atoms with Crippen molar-refractivity contribution in [1.29, 1.82) is 0 Å². The minimum Gasteiger partial charge on any atom is -0.336 e. The van der Waals surface area contributed by atoms with Crippen LogP contribution in [0.15, 0.2) is 24.3 Å². The third-order valence-electron chi connectivity index (χ3n) is 4.38. The van der Waals surface area contributed by atoms with E-state index in [2.05, 4.69) is 10.2 Å². The Balaban J connectivity index is 1.45. The summed E-state index contributed by atoms with van der Waals surface area (Å²) in [7, 11) is 0. The van der Waals surface area contributed by atoms with Crippen LogP contribution >= 0.6 is 0 Å². The minimum absolute atomic E-state index is 0.00937. The molecule has 0 bridgehead atoms. The molecule has 124 valence electrons. The van der Waals surface area contributed by atoms with E-state index in [1.807, 2.05) is 4.90 Å². The molecule has 2 aliphatic heterocycles. The first-order chi connectivity index (χ1) is 11.1. The van der Waals surface area contributed by atoms with Crippen molar-refractivity contribution >= 4 is 11.9 Å². The summed E-state index contributed by atoms with van der Waals surface area (Å²) >= 11 is 0. The highest BCUT2D eigenvalue weighted by atomic mass is 19.1. The smallest absolute Gasteiger partial charge is 0.317 e. The molecular formula is C16H21FN4O2. The van der Waals surface area contributed by atoms with Gasteiger partial charge >= 0.3 is 6.03 Å². The molecule has 0 spiro atoms. The number of hydrogen-bond donors (Lipinski definition) is 1. The Kier molecular flexibility index (Phi) is 4.76. The number of hydrogen-bond acceptors (Lipinski definition) is 3. The molecule has 23 heavy (non-hydrogen) atoms. The quantitative estimate of drug-likeness (QED) is 0.884. The Morgan fingerprint density at radius 2 is 1.74 bits per heavy atom. The fourth-order valence-electron chi connectivity index (χ4n) is 2.94. The molecule has 3 amide bonds. The Morgan fingerprint density at radius 3 is 2.35 bits per heavy atom. The van der Waals surface area contributed by atoms with Crippen molar-refractivity contribution in [3.63, 3.8) is 0 Å². The lowest BCUT2D eigenvalue weighted by Crippen LogP contribution is -2.50. The molecule has 1 aromatic rings. The number of amides is 3. The third-order valence-corrected chi connectivity index (χ3v) is 4.38. The van der Waals surface area contributed by atoms with Crippen molar-refractivity contribution in [3.05, 3.63) is 35.6 Å². The maximum atomic E-state index is 12.9. The molecule has 3 rings (SSSR count). The lowest BCUT2D eigenvalue weighted by Gasteiger charge is -2.35. The summed E-state index contributed by atoms with van der Waals surface area (Å²) in [5.74, 6) is -0.388. The van der Waals surface area contributed by atoms with Gasteiger partial charge in [-0.2, -0.15) is 0 Å². The lowest BCUT2D eigenvalue weighted by molar-refractivity contribution is 0.0630. The highest BCUT2D eigenvalue weighted by Crippen LogP contribution is 2.10. The van der Waals surface area contributed by atoms with Crippen LogP contribution in [0.1, 0.15) is 10.4 Å². The van der Waals surface area contributed by atoms with E-state index in [0.717, 1.165) is 39.3 Å². The van der Waals surface area contributed by atoms with Crippen LogP contribution in [0.5, 0.6) is 0 Å². The zero-order chi connectivity index (χ0) is 16.2. The number of nitrogens with one attached hydrogen (secondary N) is 1. The van der Waals surface area contributed by atoms with Crippen molar-refractivity contribution in [3.8, 4) is 0 Å². The molecule has 1 N–H and O–H groups in total. The molecule has 1 aromatic carbocycles. The molecule has 2 aliphatic rings. The first-order valence-corrected chi connectivity index (χ1v) is 7.93. The van der Waals surface area contributed by atoms with E-state index in [1.54, 1.807) is 4.90 Å². The number of carbonyl (C=O) groups excluding carboxylic acids is 2. The molecule has 7 heteroatoms. The number of piperazine rings is 1. The van der Waals surface area contributed by atoms with Crippen LogP contribution in [0.2, 0.25) is 0 Å². The van der Waals surface area contributed by atoms with Gasteiger partial charge in [0.1, 0.15) is 5.82 Å². The first kappa shape index (κ1) is 15.7. The van der Waals surface area contributed by atoms with Crippen LogP contribution < -0.4 is 5.32 Å². The van der Waals surface area contributed by atoms with E-state index in [1.165, 1.54) is 24.3 Å². The molecule has 2 fully saturated rings. The van der Waals surface area contributed by atoms with Crippen LogP contribution in [0.4, 0.5) is 9.18 Å². The summed E-state index contributed by atoms with van der Waals surface area (Å²) in [6.45, 7) is 5.93. The Labute approximate surface area is 134 Å². The van der Waals surface area contributed by atoms with Gasteiger partial charge < -0.3 is 15.1 Å². The number of benzene rings is 1. The van der Waals surface area contributed by atoms with E-state index in [9.17, 15) is 14.0 Å². The maximum absolute atomic E-state index is 12.9. The van der Waals surface area contributed by atoms with Crippen molar-refractivity contribution in [2.45, 2.75) is 0 Å². The third kappa shape index (κ3) is 3.79. The fraction of sp³-hybridized carbons (Fsp3) is 0.500. The van der Waals surface area contributed by atoms with Crippen molar-refractivity contribution in [1.82, 2.24) is 20.0 Å². The molecular weight excluding hydrogens is 299 g/mol. The average molecular weight is 320 g/mol. The van der Waals surface area contributed by atoms with E-state index in [0.29, 0.717) is 18.7 Å². The van der Waals surface area contributed by atoms with Gasteiger partial charge in [0.05, 0.1) is 0 Å². The van der Waals surface area contributed by atoms with Gasteiger partial charge in [-0.15, -0.1) is 0 Å². The number of carbonyl (C=O) groups is 2. The molecule has 6 nitrogen and oxygen atoms in total. The summed E-state index contributed by atoms with van der Waals surface area (Å²) in [4.78, 5) is 29.7. The maximum Gasteiger partial charge on any atom is 0.317 e. The number of urea groups is 1. The predicted molar refractivity (Wildman–Crippen MR) is 83.7 cm³/mol. The van der Waals surface area contributed by atoms with Gasteiger partial charge in [-0.05, 0) is 24.3 Å². The zero-order valence-electron chi connectivity index (χ0n) is 13.0. The molecule has 0 aliphatic carbocycles. The largest absolute Gasteiger partial charge is 0.336 e. The van der Waals surface area contributed by atoms with Gasteiger partial charge in [-0.1, -0.05) is 0 Å². The van der Waals surface area contributed by atoms with Crippen LogP contribution in [0.25, 0.3) is 0 Å². The minimum atomic E-state index is -0.336. The molecule has 2 saturated heterocycles. The monoisotopic (exact) mass is 320 g/mol. The van der Waals surface area contributed by atoms with E-state index < -0.39 is 0 Å². The van der Waals surface area contributed by atoms with Crippen LogP contribution in [0, 0.1) is 5.82 Å². The normalized spacial score (nSPS) is 19.1. The first-order valence-electron chi connectivity index (χ1n) is 7.93. The molecule has 0 saturated carbocycles. The van der Waals surface area contributed by atoms with Gasteiger partial charge in [-0.25, -0.2) is 9.18 Å². The van der Waals surface area contributed by atoms with Gasteiger partial charge in [0.25, 0.3) is 5.91 Å². The van der Waals surface area contributed by atoms with E-state index in [-0.39, 0.29) is 17.8 Å². The molecule has 0 radical (unpaired) electrons. The predicted octanol–water partition coefficient (Wildman–Crippen LogP) is 0.609. The molecule has 0 aromatic heterocycles. The van der Waals surface area contributed by atoms with E-state index >= 15 is 0 Å². The van der Waals surface area contributed by atoms with Crippen LogP contribution in [-0.2, 0) is 0 Å². The molecule has 0 unspecified atom stereocenters. The highest BCUT2D eigenvalue weighted by Gasteiger charge is 2.24. The summed E-state index contributed by atoms with van der Waals surface area (Å²) in [5.41, 5.74) is 0.522. The average Bonchev–Trinajstić information content (AvgIpc) is 2.99. The zero-order valence-corrected chi connectivity index (χ0v) is 13.0. The SMILES string of the molecule is O=C1NCCN1CCN1CCN(C(=O)c2ccc(F)cc2)CC1. The van der Waals surface area contributed by atoms with Crippen LogP contribution in [-0.4, -0.2) is 79.0 Å². The number of rotatable bonds is 4. The van der Waals surface area contributed by atoms with E-state index in [4.69, 9.17) is 0 Å². The Hall–Kier alpha value is -2.15. The second-order valence-corrected chi connectivity index (χ2v) is 5.86. The molecule has 2 heterocycles. The Bertz CT molecular complexity index is 570. The molecule has 0 atom stereocenters. The Morgan fingerprint density at radius 1 is 1.04 bits per heavy atom. The summed E-state index contributed by atoms with van der Waals surface area (Å²) in [5, 5.41) is 2.79. The van der Waals surface area contributed by atoms with Crippen molar-refractivity contribution < 1.29 is 14.0 Å². The number of nitrogens with zero attached hydrogens (tertiary/aromatic N) is 3. The summed E-state index contributed by atoms with van der Waals surface area (Å²) in [6, 6.07) is 5.68. The topological polar surface area (TPSA) is 55.9 Å². The van der Waals surface area contributed by atoms with Crippen molar-refractivity contribution in [2.24, 2.45) is 0 Å². The van der Waals surface area contributed by atoms with Crippen molar-refractivity contribution in [2.75, 3.05) is 52.4 Å².